The third-order valence-electron chi connectivity index (χ3n) is 5.37. The van der Waals surface area contributed by atoms with Gasteiger partial charge >= 0.3 is 5.97 Å². The summed E-state index contributed by atoms with van der Waals surface area (Å²) >= 11 is 12.5. The Bertz CT molecular complexity index is 1540. The zero-order valence-corrected chi connectivity index (χ0v) is 22.9. The molecule has 2 aromatic heterocycles. The summed E-state index contributed by atoms with van der Waals surface area (Å²) in [7, 11) is -1.06. The number of aryl methyl sites for hydroxylation is 4. The minimum atomic E-state index is -3.99. The van der Waals surface area contributed by atoms with Crippen molar-refractivity contribution in [2.24, 2.45) is 14.1 Å². The molecule has 0 aliphatic rings. The highest BCUT2D eigenvalue weighted by Crippen LogP contribution is 2.34. The molecule has 2 heterocycles. The first kappa shape index (κ1) is 29.6. The van der Waals surface area contributed by atoms with E-state index in [1.54, 1.807) is 0 Å². The number of nitrogens with zero attached hydrogens (tertiary/aromatic N) is 4. The lowest BCUT2D eigenvalue weighted by Crippen LogP contribution is -2.18. The lowest BCUT2D eigenvalue weighted by Gasteiger charge is -2.15. The molecule has 3 rings (SSSR count). The highest BCUT2D eigenvalue weighted by Gasteiger charge is 2.31. The van der Waals surface area contributed by atoms with Crippen molar-refractivity contribution in [3.05, 3.63) is 56.0 Å². The van der Waals surface area contributed by atoms with E-state index in [2.05, 4.69) is 14.9 Å². The SMILES string of the molecule is Cc1nn(C)c(Cl)c1C(=O)Oc1c(C(=O)c2ccc(S(C)(=O)=O)c(COC(F)C(F)F)c2Cl)c(C)nn1C. The first-order chi connectivity index (χ1) is 17.6. The van der Waals surface area contributed by atoms with Gasteiger partial charge < -0.3 is 9.47 Å². The molecule has 0 aliphatic heterocycles. The summed E-state index contributed by atoms with van der Waals surface area (Å²) in [6.45, 7) is 2.01. The van der Waals surface area contributed by atoms with Crippen LogP contribution >= 0.6 is 23.2 Å². The Morgan fingerprint density at radius 2 is 1.61 bits per heavy atom. The van der Waals surface area contributed by atoms with E-state index >= 15 is 0 Å². The maximum Gasteiger partial charge on any atom is 0.349 e. The van der Waals surface area contributed by atoms with Crippen LogP contribution in [0.15, 0.2) is 17.0 Å². The molecule has 0 bridgehead atoms. The van der Waals surface area contributed by atoms with Crippen molar-refractivity contribution in [2.75, 3.05) is 6.26 Å². The van der Waals surface area contributed by atoms with Crippen LogP contribution in [0.2, 0.25) is 10.2 Å². The second-order valence-corrected chi connectivity index (χ2v) is 10.9. The van der Waals surface area contributed by atoms with E-state index in [1.165, 1.54) is 32.6 Å². The average molecular weight is 597 g/mol. The average Bonchev–Trinajstić information content (AvgIpc) is 3.23. The highest BCUT2D eigenvalue weighted by atomic mass is 35.5. The standard InChI is InChI=1S/C22H21Cl2F3N4O6S/c1-9-14(21(31(4)29-9)37-22(33)15-10(2)28-30(3)18(15)24)17(32)11-6-7-13(38(5,34)35)12(16(11)23)8-36-20(27)19(25)26/h6-7,19-20H,8H2,1-5H3. The quantitative estimate of drug-likeness (QED) is 0.268. The molecule has 0 saturated heterocycles. The van der Waals surface area contributed by atoms with E-state index in [4.69, 9.17) is 27.9 Å². The number of aromatic nitrogens is 4. The maximum absolute atomic E-state index is 13.6. The largest absolute Gasteiger partial charge is 0.403 e. The molecular formula is C22H21Cl2F3N4O6S. The van der Waals surface area contributed by atoms with Crippen LogP contribution in [0.1, 0.15) is 43.2 Å². The summed E-state index contributed by atoms with van der Waals surface area (Å²) in [5, 5.41) is 7.67. The molecular weight excluding hydrogens is 576 g/mol. The van der Waals surface area contributed by atoms with Gasteiger partial charge in [0.05, 0.1) is 27.9 Å². The zero-order chi connectivity index (χ0) is 28.7. The number of benzene rings is 1. The molecule has 16 heteroatoms. The van der Waals surface area contributed by atoms with Gasteiger partial charge in [0.2, 0.25) is 11.7 Å². The van der Waals surface area contributed by atoms with Crippen molar-refractivity contribution in [3.63, 3.8) is 0 Å². The second kappa shape index (κ2) is 11.0. The minimum absolute atomic E-state index is 0.00159. The van der Waals surface area contributed by atoms with Crippen LogP contribution in [0.25, 0.3) is 0 Å². The van der Waals surface area contributed by atoms with Crippen LogP contribution in [0.5, 0.6) is 5.88 Å². The number of ether oxygens (including phenoxy) is 2. The normalized spacial score (nSPS) is 12.7. The Labute approximate surface area is 225 Å². The Kier molecular flexibility index (Phi) is 8.61. The van der Waals surface area contributed by atoms with Crippen molar-refractivity contribution in [1.82, 2.24) is 19.6 Å². The number of hydrogen-bond acceptors (Lipinski definition) is 8. The molecule has 3 aromatic rings. The smallest absolute Gasteiger partial charge is 0.349 e. The van der Waals surface area contributed by atoms with Crippen LogP contribution in [0, 0.1) is 13.8 Å². The van der Waals surface area contributed by atoms with Gasteiger partial charge in [-0.2, -0.15) is 10.2 Å². The molecule has 1 unspecified atom stereocenters. The molecule has 0 aliphatic carbocycles. The number of esters is 1. The molecule has 206 valence electrons. The van der Waals surface area contributed by atoms with Crippen molar-refractivity contribution < 1.29 is 40.7 Å². The first-order valence-electron chi connectivity index (χ1n) is 10.6. The van der Waals surface area contributed by atoms with Crippen molar-refractivity contribution >= 4 is 44.8 Å². The molecule has 0 N–H and O–H groups in total. The van der Waals surface area contributed by atoms with Gasteiger partial charge in [0, 0.05) is 31.5 Å². The van der Waals surface area contributed by atoms with Gasteiger partial charge in [-0.15, -0.1) is 0 Å². The Hall–Kier alpha value is -2.94. The fourth-order valence-corrected chi connectivity index (χ4v) is 5.18. The first-order valence-corrected chi connectivity index (χ1v) is 13.3. The van der Waals surface area contributed by atoms with E-state index < -0.39 is 56.5 Å². The number of rotatable bonds is 9. The predicted octanol–water partition coefficient (Wildman–Crippen LogP) is 4.01. The number of halogens is 5. The summed E-state index contributed by atoms with van der Waals surface area (Å²) in [6.07, 6.45) is -5.70. The predicted molar refractivity (Wildman–Crippen MR) is 130 cm³/mol. The van der Waals surface area contributed by atoms with Crippen LogP contribution in [0.4, 0.5) is 13.2 Å². The molecule has 10 nitrogen and oxygen atoms in total. The summed E-state index contributed by atoms with van der Waals surface area (Å²) in [5.74, 6) is -2.05. The monoisotopic (exact) mass is 596 g/mol. The minimum Gasteiger partial charge on any atom is -0.403 e. The maximum atomic E-state index is 13.6. The summed E-state index contributed by atoms with van der Waals surface area (Å²) < 4.78 is 75.4. The van der Waals surface area contributed by atoms with Crippen LogP contribution < -0.4 is 4.74 Å². The number of alkyl halides is 3. The van der Waals surface area contributed by atoms with E-state index in [0.717, 1.165) is 23.1 Å². The summed E-state index contributed by atoms with van der Waals surface area (Å²) in [5.41, 5.74) is -0.544. The van der Waals surface area contributed by atoms with E-state index in [1.807, 2.05) is 0 Å². The van der Waals surface area contributed by atoms with Gasteiger partial charge in [0.25, 0.3) is 12.8 Å². The number of carbonyl (C=O) groups is 2. The van der Waals surface area contributed by atoms with Gasteiger partial charge in [-0.3, -0.25) is 9.48 Å². The Balaban J connectivity index is 2.09. The lowest BCUT2D eigenvalue weighted by atomic mass is 10.0. The Morgan fingerprint density at radius 1 is 1.03 bits per heavy atom. The molecule has 0 fully saturated rings. The second-order valence-electron chi connectivity index (χ2n) is 8.16. The fourth-order valence-electron chi connectivity index (χ4n) is 3.65. The fraction of sp³-hybridized carbons (Fsp3) is 0.364. The van der Waals surface area contributed by atoms with Crippen molar-refractivity contribution in [3.8, 4) is 5.88 Å². The molecule has 0 radical (unpaired) electrons. The molecule has 0 amide bonds. The third-order valence-corrected chi connectivity index (χ3v) is 7.42. The van der Waals surface area contributed by atoms with Crippen molar-refractivity contribution in [2.45, 2.75) is 38.1 Å². The number of sulfone groups is 1. The molecule has 38 heavy (non-hydrogen) atoms. The van der Waals surface area contributed by atoms with Crippen molar-refractivity contribution in [1.29, 1.82) is 0 Å². The van der Waals surface area contributed by atoms with Gasteiger partial charge in [-0.05, 0) is 26.0 Å². The van der Waals surface area contributed by atoms with Crippen LogP contribution in [0.3, 0.4) is 0 Å². The highest BCUT2D eigenvalue weighted by molar-refractivity contribution is 7.90. The lowest BCUT2D eigenvalue weighted by molar-refractivity contribution is -0.135. The van der Waals surface area contributed by atoms with Gasteiger partial charge in [0.1, 0.15) is 16.3 Å². The summed E-state index contributed by atoms with van der Waals surface area (Å²) in [4.78, 5) is 26.0. The van der Waals surface area contributed by atoms with Crippen LogP contribution in [-0.4, -0.2) is 58.8 Å². The summed E-state index contributed by atoms with van der Waals surface area (Å²) in [6, 6.07) is 2.10. The van der Waals surface area contributed by atoms with E-state index in [9.17, 15) is 31.2 Å². The van der Waals surface area contributed by atoms with Gasteiger partial charge in [0.15, 0.2) is 9.84 Å². The number of hydrogen-bond donors (Lipinski definition) is 0. The zero-order valence-electron chi connectivity index (χ0n) is 20.6. The number of carbonyl (C=O) groups excluding carboxylic acids is 2. The Morgan fingerprint density at radius 3 is 2.13 bits per heavy atom. The van der Waals surface area contributed by atoms with Crippen LogP contribution in [-0.2, 0) is 35.3 Å². The molecule has 1 aromatic carbocycles. The third kappa shape index (κ3) is 5.72. The molecule has 1 atom stereocenters. The van der Waals surface area contributed by atoms with E-state index in [0.29, 0.717) is 0 Å². The topological polar surface area (TPSA) is 122 Å². The molecule has 0 saturated carbocycles. The molecule has 0 spiro atoms. The van der Waals surface area contributed by atoms with E-state index in [-0.39, 0.29) is 39.1 Å². The number of ketones is 1. The van der Waals surface area contributed by atoms with Gasteiger partial charge in [-0.25, -0.2) is 31.1 Å². The van der Waals surface area contributed by atoms with Gasteiger partial charge in [-0.1, -0.05) is 23.2 Å².